The lowest BCUT2D eigenvalue weighted by Crippen LogP contribution is -2.02. The first-order valence-electron chi connectivity index (χ1n) is 12.2. The van der Waals surface area contributed by atoms with Crippen LogP contribution in [0.3, 0.4) is 0 Å². The van der Waals surface area contributed by atoms with Crippen molar-refractivity contribution in [2.24, 2.45) is 0 Å². The molecule has 0 heterocycles. The van der Waals surface area contributed by atoms with Crippen LogP contribution in [0.25, 0.3) is 0 Å². The Hall–Kier alpha value is -1.07. The molecule has 0 radical (unpaired) electrons. The standard InChI is InChI=1S/C25H44O4S/c1-3-4-5-6-7-8-9-10-11-12-13-14-15-16-17-18-21-29-25-20-19-24(22-23(25)2)30(26,27)28/h19-20,22H,3-18,21H2,1-2H3,(H,26,27,28). The molecule has 0 aromatic heterocycles. The second-order valence-electron chi connectivity index (χ2n) is 8.55. The lowest BCUT2D eigenvalue weighted by Gasteiger charge is -2.10. The van der Waals surface area contributed by atoms with Gasteiger partial charge in [-0.2, -0.15) is 8.42 Å². The summed E-state index contributed by atoms with van der Waals surface area (Å²) in [5.74, 6) is 0.684. The Morgan fingerprint density at radius 3 is 1.57 bits per heavy atom. The van der Waals surface area contributed by atoms with Gasteiger partial charge in [0.25, 0.3) is 10.1 Å². The summed E-state index contributed by atoms with van der Waals surface area (Å²) in [5, 5.41) is 0. The minimum Gasteiger partial charge on any atom is -0.493 e. The smallest absolute Gasteiger partial charge is 0.294 e. The van der Waals surface area contributed by atoms with Gasteiger partial charge in [-0.25, -0.2) is 0 Å². The lowest BCUT2D eigenvalue weighted by atomic mass is 10.0. The first-order valence-corrected chi connectivity index (χ1v) is 13.6. The van der Waals surface area contributed by atoms with E-state index in [-0.39, 0.29) is 4.90 Å². The van der Waals surface area contributed by atoms with E-state index in [2.05, 4.69) is 6.92 Å². The zero-order valence-corrected chi connectivity index (χ0v) is 20.1. The summed E-state index contributed by atoms with van der Waals surface area (Å²) >= 11 is 0. The molecule has 5 heteroatoms. The van der Waals surface area contributed by atoms with Crippen LogP contribution >= 0.6 is 0 Å². The van der Waals surface area contributed by atoms with Gasteiger partial charge in [0.2, 0.25) is 0 Å². The van der Waals surface area contributed by atoms with Crippen LogP contribution in [0, 0.1) is 6.92 Å². The molecular formula is C25H44O4S. The van der Waals surface area contributed by atoms with E-state index in [0.717, 1.165) is 12.0 Å². The van der Waals surface area contributed by atoms with Crippen molar-refractivity contribution in [1.29, 1.82) is 0 Å². The van der Waals surface area contributed by atoms with Crippen molar-refractivity contribution in [2.75, 3.05) is 6.61 Å². The van der Waals surface area contributed by atoms with Crippen molar-refractivity contribution in [1.82, 2.24) is 0 Å². The van der Waals surface area contributed by atoms with Crippen LogP contribution in [0.4, 0.5) is 0 Å². The average Bonchev–Trinajstić information content (AvgIpc) is 2.70. The first kappa shape index (κ1) is 27.0. The third-order valence-electron chi connectivity index (χ3n) is 5.70. The Kier molecular flexibility index (Phi) is 14.9. The molecular weight excluding hydrogens is 396 g/mol. The molecule has 1 aromatic rings. The van der Waals surface area contributed by atoms with Gasteiger partial charge in [-0.15, -0.1) is 0 Å². The predicted octanol–water partition coefficient (Wildman–Crippen LogP) is 7.88. The fraction of sp³-hybridized carbons (Fsp3) is 0.760. The third-order valence-corrected chi connectivity index (χ3v) is 6.55. The largest absolute Gasteiger partial charge is 0.493 e. The molecule has 0 atom stereocenters. The summed E-state index contributed by atoms with van der Waals surface area (Å²) in [7, 11) is -4.15. The summed E-state index contributed by atoms with van der Waals surface area (Å²) in [6.45, 7) is 4.71. The number of aryl methyl sites for hydroxylation is 1. The van der Waals surface area contributed by atoms with Crippen LogP contribution in [0.1, 0.15) is 115 Å². The maximum absolute atomic E-state index is 11.1. The van der Waals surface area contributed by atoms with Gasteiger partial charge in [-0.05, 0) is 37.1 Å². The van der Waals surface area contributed by atoms with Crippen molar-refractivity contribution in [2.45, 2.75) is 121 Å². The Labute approximate surface area is 185 Å². The minimum absolute atomic E-state index is 0.0882. The Balaban J connectivity index is 1.90. The Bertz CT molecular complexity index is 655. The highest BCUT2D eigenvalue weighted by Crippen LogP contribution is 2.22. The van der Waals surface area contributed by atoms with E-state index in [1.807, 2.05) is 0 Å². The molecule has 0 aliphatic heterocycles. The molecule has 0 fully saturated rings. The molecule has 0 aliphatic rings. The van der Waals surface area contributed by atoms with E-state index in [9.17, 15) is 8.42 Å². The zero-order chi connectivity index (χ0) is 22.1. The van der Waals surface area contributed by atoms with Crippen molar-refractivity contribution in [3.63, 3.8) is 0 Å². The fourth-order valence-corrected chi connectivity index (χ4v) is 4.34. The number of rotatable bonds is 19. The monoisotopic (exact) mass is 440 g/mol. The molecule has 0 saturated heterocycles. The minimum atomic E-state index is -4.15. The third kappa shape index (κ3) is 13.3. The molecule has 0 unspecified atom stereocenters. The molecule has 0 amide bonds. The van der Waals surface area contributed by atoms with E-state index >= 15 is 0 Å². The van der Waals surface area contributed by atoms with Crippen molar-refractivity contribution >= 4 is 10.1 Å². The van der Waals surface area contributed by atoms with Crippen molar-refractivity contribution < 1.29 is 17.7 Å². The van der Waals surface area contributed by atoms with Crippen LogP contribution in [-0.2, 0) is 10.1 Å². The summed E-state index contributed by atoms with van der Waals surface area (Å²) in [5.41, 5.74) is 0.724. The van der Waals surface area contributed by atoms with Crippen LogP contribution in [0.15, 0.2) is 23.1 Å². The summed E-state index contributed by atoms with van der Waals surface area (Å²) in [4.78, 5) is -0.0882. The highest BCUT2D eigenvalue weighted by molar-refractivity contribution is 7.85. The summed E-state index contributed by atoms with van der Waals surface area (Å²) in [6, 6.07) is 4.44. The van der Waals surface area contributed by atoms with Gasteiger partial charge in [0, 0.05) is 0 Å². The average molecular weight is 441 g/mol. The molecule has 0 spiro atoms. The molecule has 4 nitrogen and oxygen atoms in total. The quantitative estimate of drug-likeness (QED) is 0.175. The molecule has 0 aliphatic carbocycles. The zero-order valence-electron chi connectivity index (χ0n) is 19.3. The number of unbranched alkanes of at least 4 members (excludes halogenated alkanes) is 15. The van der Waals surface area contributed by atoms with E-state index < -0.39 is 10.1 Å². The van der Waals surface area contributed by atoms with Crippen molar-refractivity contribution in [3.05, 3.63) is 23.8 Å². The highest BCUT2D eigenvalue weighted by atomic mass is 32.2. The summed E-state index contributed by atoms with van der Waals surface area (Å²) < 4.78 is 37.1. The SMILES string of the molecule is CCCCCCCCCCCCCCCCCCOc1ccc(S(=O)(=O)O)cc1C. The molecule has 0 saturated carbocycles. The number of hydrogen-bond donors (Lipinski definition) is 1. The first-order chi connectivity index (χ1) is 14.4. The normalized spacial score (nSPS) is 11.7. The van der Waals surface area contributed by atoms with E-state index in [4.69, 9.17) is 9.29 Å². The van der Waals surface area contributed by atoms with E-state index in [1.165, 1.54) is 108 Å². The highest BCUT2D eigenvalue weighted by Gasteiger charge is 2.11. The Morgan fingerprint density at radius 1 is 0.733 bits per heavy atom. The van der Waals surface area contributed by atoms with Gasteiger partial charge >= 0.3 is 0 Å². The predicted molar refractivity (Wildman–Crippen MR) is 126 cm³/mol. The summed E-state index contributed by atoms with van der Waals surface area (Å²) in [6.07, 6.45) is 21.5. The second-order valence-corrected chi connectivity index (χ2v) is 9.98. The van der Waals surface area contributed by atoms with Gasteiger partial charge in [0.15, 0.2) is 0 Å². The van der Waals surface area contributed by atoms with Gasteiger partial charge in [-0.3, -0.25) is 4.55 Å². The number of hydrogen-bond acceptors (Lipinski definition) is 3. The van der Waals surface area contributed by atoms with E-state index in [1.54, 1.807) is 13.0 Å². The van der Waals surface area contributed by atoms with E-state index in [0.29, 0.717) is 12.4 Å². The van der Waals surface area contributed by atoms with Gasteiger partial charge < -0.3 is 4.74 Å². The fourth-order valence-electron chi connectivity index (χ4n) is 3.78. The second kappa shape index (κ2) is 16.6. The van der Waals surface area contributed by atoms with Crippen molar-refractivity contribution in [3.8, 4) is 5.75 Å². The van der Waals surface area contributed by atoms with Gasteiger partial charge in [-0.1, -0.05) is 103 Å². The maximum atomic E-state index is 11.1. The van der Waals surface area contributed by atoms with Gasteiger partial charge in [0.05, 0.1) is 11.5 Å². The Morgan fingerprint density at radius 2 is 1.17 bits per heavy atom. The van der Waals surface area contributed by atoms with Crippen LogP contribution in [0.5, 0.6) is 5.75 Å². The van der Waals surface area contributed by atoms with Crippen LogP contribution in [-0.4, -0.2) is 19.6 Å². The molecule has 1 N–H and O–H groups in total. The number of ether oxygens (including phenoxy) is 1. The van der Waals surface area contributed by atoms with Gasteiger partial charge in [0.1, 0.15) is 5.75 Å². The topological polar surface area (TPSA) is 63.6 Å². The molecule has 1 aromatic carbocycles. The molecule has 30 heavy (non-hydrogen) atoms. The molecule has 1 rings (SSSR count). The molecule has 0 bridgehead atoms. The molecule has 174 valence electrons. The maximum Gasteiger partial charge on any atom is 0.294 e. The lowest BCUT2D eigenvalue weighted by molar-refractivity contribution is 0.302. The van der Waals surface area contributed by atoms with Crippen LogP contribution < -0.4 is 4.74 Å². The van der Waals surface area contributed by atoms with Crippen LogP contribution in [0.2, 0.25) is 0 Å². The number of benzene rings is 1.